The molecule has 0 amide bonds. The molecule has 6 heteroatoms. The van der Waals surface area contributed by atoms with Gasteiger partial charge in [0.05, 0.1) is 17.7 Å². The molecule has 0 saturated heterocycles. The number of aromatic nitrogens is 1. The van der Waals surface area contributed by atoms with E-state index in [2.05, 4.69) is 17.1 Å². The number of aliphatic carboxylic acids is 1. The fourth-order valence-electron chi connectivity index (χ4n) is 3.77. The van der Waals surface area contributed by atoms with Gasteiger partial charge in [-0.15, -0.1) is 11.3 Å². The zero-order chi connectivity index (χ0) is 22.8. The minimum absolute atomic E-state index is 0.169. The first-order valence-electron chi connectivity index (χ1n) is 10.4. The molecule has 5 rings (SSSR count). The maximum Gasteiger partial charge on any atom is 0.346 e. The predicted molar refractivity (Wildman–Crippen MR) is 130 cm³/mol. The van der Waals surface area contributed by atoms with Gasteiger partial charge in [-0.25, -0.2) is 9.78 Å². The third-order valence-corrected chi connectivity index (χ3v) is 6.45. The Kier molecular flexibility index (Phi) is 5.59. The number of benzene rings is 3. The van der Waals surface area contributed by atoms with E-state index in [9.17, 15) is 14.7 Å². The molecule has 0 fully saturated rings. The number of thiazole rings is 1. The van der Waals surface area contributed by atoms with Crippen molar-refractivity contribution >= 4 is 28.3 Å². The fourth-order valence-corrected chi connectivity index (χ4v) is 4.85. The molecule has 0 atom stereocenters. The molecule has 0 spiro atoms. The molecular weight excluding hydrogens is 434 g/mol. The molecule has 0 bridgehead atoms. The van der Waals surface area contributed by atoms with E-state index in [-0.39, 0.29) is 6.42 Å². The number of carbonyl (C=O) groups is 1. The number of nitrogens with zero attached hydrogens (tertiary/aromatic N) is 1. The lowest BCUT2D eigenvalue weighted by atomic mass is 10.0. The fraction of sp³-hybridized carbons (Fsp3) is 0.0741. The summed E-state index contributed by atoms with van der Waals surface area (Å²) < 4.78 is 5.45. The smallest absolute Gasteiger partial charge is 0.346 e. The van der Waals surface area contributed by atoms with Gasteiger partial charge in [-0.05, 0) is 29.7 Å². The van der Waals surface area contributed by atoms with Crippen LogP contribution >= 0.6 is 11.3 Å². The lowest BCUT2D eigenvalue weighted by Crippen LogP contribution is -2.02. The summed E-state index contributed by atoms with van der Waals surface area (Å²) in [4.78, 5) is 29.4. The molecule has 0 aliphatic carbocycles. The van der Waals surface area contributed by atoms with Crippen molar-refractivity contribution in [3.05, 3.63) is 111 Å². The second-order valence-corrected chi connectivity index (χ2v) is 8.79. The summed E-state index contributed by atoms with van der Waals surface area (Å²) in [6, 6.07) is 27.2. The summed E-state index contributed by atoms with van der Waals surface area (Å²) in [6.45, 7) is 0. The molecule has 1 N–H and O–H groups in total. The van der Waals surface area contributed by atoms with Crippen molar-refractivity contribution < 1.29 is 14.3 Å². The van der Waals surface area contributed by atoms with Crippen LogP contribution in [0.25, 0.3) is 32.8 Å². The molecule has 5 aromatic rings. The van der Waals surface area contributed by atoms with Gasteiger partial charge >= 0.3 is 11.6 Å². The Balaban J connectivity index is 1.53. The minimum atomic E-state index is -0.947. The highest BCUT2D eigenvalue weighted by Crippen LogP contribution is 2.34. The maximum atomic E-state index is 12.6. The molecule has 5 nitrogen and oxygen atoms in total. The molecule has 0 unspecified atom stereocenters. The second-order valence-electron chi connectivity index (χ2n) is 7.71. The third kappa shape index (κ3) is 4.47. The number of rotatable bonds is 6. The van der Waals surface area contributed by atoms with Crippen molar-refractivity contribution in [2.75, 3.05) is 0 Å². The number of fused-ring (bicyclic) bond motifs is 1. The molecule has 2 aromatic heterocycles. The van der Waals surface area contributed by atoms with E-state index in [1.165, 1.54) is 16.9 Å². The number of carboxylic acid groups (broad SMARTS) is 1. The molecule has 33 heavy (non-hydrogen) atoms. The Bertz CT molecular complexity index is 1500. The quantitative estimate of drug-likeness (QED) is 0.329. The molecule has 162 valence electrons. The van der Waals surface area contributed by atoms with Crippen molar-refractivity contribution in [1.29, 1.82) is 0 Å². The van der Waals surface area contributed by atoms with Gasteiger partial charge < -0.3 is 9.52 Å². The number of hydrogen-bond donors (Lipinski definition) is 1. The summed E-state index contributed by atoms with van der Waals surface area (Å²) in [7, 11) is 0. The van der Waals surface area contributed by atoms with Gasteiger partial charge in [0.1, 0.15) is 10.6 Å². The van der Waals surface area contributed by atoms with Crippen molar-refractivity contribution in [2.24, 2.45) is 0 Å². The van der Waals surface area contributed by atoms with Crippen LogP contribution in [0.15, 0.2) is 94.1 Å². The van der Waals surface area contributed by atoms with E-state index in [1.54, 1.807) is 18.2 Å². The van der Waals surface area contributed by atoms with Gasteiger partial charge in [0.15, 0.2) is 0 Å². The first-order chi connectivity index (χ1) is 16.1. The highest BCUT2D eigenvalue weighted by Gasteiger charge is 2.19. The van der Waals surface area contributed by atoms with Crippen molar-refractivity contribution in [1.82, 2.24) is 4.98 Å². The monoisotopic (exact) mass is 453 g/mol. The standard InChI is InChI=1S/C27H19NO4S/c29-24(30)16-23-25(19-12-10-18(11-13-19)14-17-6-2-1-3-7-17)28-26(33-23)21-15-20-8-4-5-9-22(20)32-27(21)31/h1-13,15H,14,16H2,(H,29,30). The summed E-state index contributed by atoms with van der Waals surface area (Å²) in [6.07, 6.45) is 0.640. The Morgan fingerprint density at radius 3 is 2.36 bits per heavy atom. The molecule has 0 radical (unpaired) electrons. The number of hydrogen-bond acceptors (Lipinski definition) is 5. The van der Waals surface area contributed by atoms with Gasteiger partial charge in [0.2, 0.25) is 0 Å². The van der Waals surface area contributed by atoms with Crippen LogP contribution in [-0.4, -0.2) is 16.1 Å². The Morgan fingerprint density at radius 2 is 1.61 bits per heavy atom. The van der Waals surface area contributed by atoms with Crippen LogP contribution in [0, 0.1) is 0 Å². The predicted octanol–water partition coefficient (Wildman–Crippen LogP) is 5.80. The van der Waals surface area contributed by atoms with E-state index >= 15 is 0 Å². The van der Waals surface area contributed by atoms with Crippen LogP contribution in [0.1, 0.15) is 16.0 Å². The van der Waals surface area contributed by atoms with E-state index in [4.69, 9.17) is 4.42 Å². The SMILES string of the molecule is O=C(O)Cc1sc(-c2cc3ccccc3oc2=O)nc1-c1ccc(Cc2ccccc2)cc1. The van der Waals surface area contributed by atoms with Crippen molar-refractivity contribution in [3.63, 3.8) is 0 Å². The summed E-state index contributed by atoms with van der Waals surface area (Å²) in [5, 5.41) is 10.7. The largest absolute Gasteiger partial charge is 0.481 e. The highest BCUT2D eigenvalue weighted by atomic mass is 32.1. The molecule has 2 heterocycles. The van der Waals surface area contributed by atoms with Gasteiger partial charge in [0, 0.05) is 15.8 Å². The first kappa shape index (κ1) is 20.8. The molecule has 0 saturated carbocycles. The number of para-hydroxylation sites is 1. The molecular formula is C27H19NO4S. The Labute approximate surface area is 193 Å². The van der Waals surface area contributed by atoms with E-state index in [0.29, 0.717) is 26.7 Å². The Morgan fingerprint density at radius 1 is 0.909 bits per heavy atom. The molecule has 0 aliphatic heterocycles. The normalized spacial score (nSPS) is 11.0. The van der Waals surface area contributed by atoms with Crippen molar-refractivity contribution in [3.8, 4) is 21.8 Å². The van der Waals surface area contributed by atoms with Crippen LogP contribution in [0.4, 0.5) is 0 Å². The topological polar surface area (TPSA) is 80.4 Å². The van der Waals surface area contributed by atoms with E-state index in [0.717, 1.165) is 22.9 Å². The molecule has 3 aromatic carbocycles. The summed E-state index contributed by atoms with van der Waals surface area (Å²) in [5.74, 6) is -0.947. The molecule has 0 aliphatic rings. The zero-order valence-electron chi connectivity index (χ0n) is 17.5. The van der Waals surface area contributed by atoms with E-state index in [1.807, 2.05) is 54.6 Å². The van der Waals surface area contributed by atoms with E-state index < -0.39 is 11.6 Å². The minimum Gasteiger partial charge on any atom is -0.481 e. The van der Waals surface area contributed by atoms with Gasteiger partial charge in [-0.2, -0.15) is 0 Å². The average Bonchev–Trinajstić information content (AvgIpc) is 3.22. The third-order valence-electron chi connectivity index (χ3n) is 5.36. The Hall–Kier alpha value is -4.03. The number of carboxylic acids is 1. The lowest BCUT2D eigenvalue weighted by molar-refractivity contribution is -0.136. The zero-order valence-corrected chi connectivity index (χ0v) is 18.3. The summed E-state index contributed by atoms with van der Waals surface area (Å²) in [5.41, 5.74) is 4.10. The van der Waals surface area contributed by atoms with Gasteiger partial charge in [-0.3, -0.25) is 4.79 Å². The second kappa shape index (κ2) is 8.84. The first-order valence-corrected chi connectivity index (χ1v) is 11.3. The van der Waals surface area contributed by atoms with Gasteiger partial charge in [0.25, 0.3) is 0 Å². The van der Waals surface area contributed by atoms with Gasteiger partial charge in [-0.1, -0.05) is 72.8 Å². The summed E-state index contributed by atoms with van der Waals surface area (Å²) >= 11 is 1.21. The average molecular weight is 454 g/mol. The van der Waals surface area contributed by atoms with Crippen LogP contribution < -0.4 is 5.63 Å². The lowest BCUT2D eigenvalue weighted by Gasteiger charge is -2.05. The van der Waals surface area contributed by atoms with Crippen LogP contribution in [0.2, 0.25) is 0 Å². The van der Waals surface area contributed by atoms with Crippen molar-refractivity contribution in [2.45, 2.75) is 12.8 Å². The van der Waals surface area contributed by atoms with Crippen LogP contribution in [-0.2, 0) is 17.6 Å². The van der Waals surface area contributed by atoms with Crippen LogP contribution in [0.5, 0.6) is 0 Å². The maximum absolute atomic E-state index is 12.6. The van der Waals surface area contributed by atoms with Crippen LogP contribution in [0.3, 0.4) is 0 Å². The highest BCUT2D eigenvalue weighted by molar-refractivity contribution is 7.15.